The highest BCUT2D eigenvalue weighted by molar-refractivity contribution is 5.51. The van der Waals surface area contributed by atoms with E-state index in [1.165, 1.54) is 0 Å². The van der Waals surface area contributed by atoms with E-state index in [2.05, 4.69) is 25.1 Å². The summed E-state index contributed by atoms with van der Waals surface area (Å²) in [4.78, 5) is 10.8. The molecule has 0 radical (unpaired) electrons. The van der Waals surface area contributed by atoms with Crippen molar-refractivity contribution in [2.75, 3.05) is 17.2 Å². The molecule has 88 valence electrons. The van der Waals surface area contributed by atoms with Crippen LogP contribution in [0.1, 0.15) is 17.0 Å². The molecule has 1 aliphatic heterocycles. The number of aryl methyl sites for hydroxylation is 1. The summed E-state index contributed by atoms with van der Waals surface area (Å²) in [6.07, 6.45) is 4.34. The van der Waals surface area contributed by atoms with Gasteiger partial charge in [0, 0.05) is 43.2 Å². The van der Waals surface area contributed by atoms with E-state index in [1.54, 1.807) is 12.4 Å². The Kier molecular flexibility index (Phi) is 2.21. The Morgan fingerprint density at radius 3 is 3.00 bits per heavy atom. The number of aromatic nitrogens is 4. The number of H-pyrrole nitrogens is 1. The fourth-order valence-electron chi connectivity index (χ4n) is 2.21. The third-order valence-corrected chi connectivity index (χ3v) is 3.12. The molecule has 0 spiro atoms. The molecule has 0 saturated carbocycles. The Morgan fingerprint density at radius 2 is 2.18 bits per heavy atom. The van der Waals surface area contributed by atoms with Crippen LogP contribution in [0.3, 0.4) is 0 Å². The zero-order chi connectivity index (χ0) is 11.8. The minimum absolute atomic E-state index is 0.589. The first-order valence-corrected chi connectivity index (χ1v) is 5.60. The third-order valence-electron chi connectivity index (χ3n) is 3.12. The van der Waals surface area contributed by atoms with Crippen molar-refractivity contribution in [3.05, 3.63) is 29.3 Å². The van der Waals surface area contributed by atoms with Crippen LogP contribution in [0.25, 0.3) is 0 Å². The molecule has 2 aromatic heterocycles. The number of aromatic amines is 1. The molecule has 0 saturated heterocycles. The lowest BCUT2D eigenvalue weighted by Crippen LogP contribution is -2.31. The van der Waals surface area contributed by atoms with Crippen molar-refractivity contribution < 1.29 is 0 Å². The molecule has 6 nitrogen and oxygen atoms in total. The molecule has 2 aromatic rings. The lowest BCUT2D eigenvalue weighted by Gasteiger charge is -2.28. The number of nitrogens with zero attached hydrogens (tertiary/aromatic N) is 4. The summed E-state index contributed by atoms with van der Waals surface area (Å²) >= 11 is 0. The first-order valence-electron chi connectivity index (χ1n) is 5.60. The highest BCUT2D eigenvalue weighted by atomic mass is 15.2. The van der Waals surface area contributed by atoms with Crippen LogP contribution in [-0.2, 0) is 13.0 Å². The second-order valence-electron chi connectivity index (χ2n) is 4.20. The molecule has 0 aromatic carbocycles. The van der Waals surface area contributed by atoms with E-state index in [0.717, 1.165) is 42.3 Å². The molecule has 0 amide bonds. The lowest BCUT2D eigenvalue weighted by atomic mass is 10.1. The van der Waals surface area contributed by atoms with E-state index < -0.39 is 0 Å². The maximum atomic E-state index is 5.83. The van der Waals surface area contributed by atoms with Crippen molar-refractivity contribution in [3.8, 4) is 0 Å². The Morgan fingerprint density at radius 1 is 1.35 bits per heavy atom. The number of rotatable bonds is 1. The van der Waals surface area contributed by atoms with Gasteiger partial charge in [0.25, 0.3) is 0 Å². The zero-order valence-corrected chi connectivity index (χ0v) is 9.64. The molecule has 3 heterocycles. The van der Waals surface area contributed by atoms with Crippen molar-refractivity contribution in [2.45, 2.75) is 19.9 Å². The summed E-state index contributed by atoms with van der Waals surface area (Å²) in [7, 11) is 0. The van der Waals surface area contributed by atoms with Crippen LogP contribution in [-0.4, -0.2) is 26.7 Å². The molecule has 0 fully saturated rings. The van der Waals surface area contributed by atoms with Crippen LogP contribution >= 0.6 is 0 Å². The van der Waals surface area contributed by atoms with Crippen LogP contribution in [0, 0.1) is 6.92 Å². The summed E-state index contributed by atoms with van der Waals surface area (Å²) in [6.45, 7) is 3.63. The SMILES string of the molecule is Cc1nccnc1N1CCc2[nH]nc(N)c2C1. The molecule has 1 aliphatic rings. The highest BCUT2D eigenvalue weighted by Crippen LogP contribution is 2.25. The number of fused-ring (bicyclic) bond motifs is 1. The number of nitrogens with two attached hydrogens (primary N) is 1. The summed E-state index contributed by atoms with van der Waals surface area (Å²) < 4.78 is 0. The monoisotopic (exact) mass is 230 g/mol. The fraction of sp³-hybridized carbons (Fsp3) is 0.364. The van der Waals surface area contributed by atoms with Crippen molar-refractivity contribution in [2.24, 2.45) is 0 Å². The fourth-order valence-corrected chi connectivity index (χ4v) is 2.21. The molecule has 0 bridgehead atoms. The van der Waals surface area contributed by atoms with Gasteiger partial charge in [-0.05, 0) is 6.92 Å². The van der Waals surface area contributed by atoms with Gasteiger partial charge in [-0.2, -0.15) is 5.10 Å². The van der Waals surface area contributed by atoms with Crippen molar-refractivity contribution >= 4 is 11.6 Å². The predicted molar refractivity (Wildman–Crippen MR) is 64.5 cm³/mol. The second-order valence-corrected chi connectivity index (χ2v) is 4.20. The van der Waals surface area contributed by atoms with Crippen molar-refractivity contribution in [3.63, 3.8) is 0 Å². The van der Waals surface area contributed by atoms with E-state index >= 15 is 0 Å². The minimum Gasteiger partial charge on any atom is -0.382 e. The number of nitrogens with one attached hydrogen (secondary N) is 1. The first kappa shape index (κ1) is 10.1. The lowest BCUT2D eigenvalue weighted by molar-refractivity contribution is 0.705. The Labute approximate surface area is 98.9 Å². The molecule has 0 unspecified atom stereocenters. The number of nitrogen functional groups attached to an aromatic ring is 1. The average molecular weight is 230 g/mol. The quantitative estimate of drug-likeness (QED) is 0.751. The molecular weight excluding hydrogens is 216 g/mol. The highest BCUT2D eigenvalue weighted by Gasteiger charge is 2.22. The summed E-state index contributed by atoms with van der Waals surface area (Å²) in [5.74, 6) is 1.52. The standard InChI is InChI=1S/C11H14N6/c1-7-11(14-4-3-13-7)17-5-2-9-8(6-17)10(12)16-15-9/h3-4H,2,5-6H2,1H3,(H3,12,15,16). The largest absolute Gasteiger partial charge is 0.382 e. The molecule has 17 heavy (non-hydrogen) atoms. The Hall–Kier alpha value is -2.11. The molecule has 0 aliphatic carbocycles. The molecule has 3 N–H and O–H groups in total. The van der Waals surface area contributed by atoms with E-state index in [4.69, 9.17) is 5.73 Å². The smallest absolute Gasteiger partial charge is 0.150 e. The van der Waals surface area contributed by atoms with Gasteiger partial charge < -0.3 is 10.6 Å². The van der Waals surface area contributed by atoms with Crippen LogP contribution in [0.5, 0.6) is 0 Å². The number of anilines is 2. The van der Waals surface area contributed by atoms with Gasteiger partial charge in [0.15, 0.2) is 0 Å². The van der Waals surface area contributed by atoms with Gasteiger partial charge in [0.1, 0.15) is 11.6 Å². The van der Waals surface area contributed by atoms with E-state index in [9.17, 15) is 0 Å². The van der Waals surface area contributed by atoms with Crippen LogP contribution in [0.15, 0.2) is 12.4 Å². The summed E-state index contributed by atoms with van der Waals surface area (Å²) in [5.41, 5.74) is 9.00. The van der Waals surface area contributed by atoms with Gasteiger partial charge in [0.2, 0.25) is 0 Å². The normalized spacial score (nSPS) is 14.8. The molecule has 3 rings (SSSR count). The number of hydrogen-bond donors (Lipinski definition) is 2. The average Bonchev–Trinajstić information content (AvgIpc) is 2.71. The first-order chi connectivity index (χ1) is 8.25. The summed E-state index contributed by atoms with van der Waals surface area (Å²) in [6, 6.07) is 0. The van der Waals surface area contributed by atoms with Gasteiger partial charge in [-0.25, -0.2) is 4.98 Å². The van der Waals surface area contributed by atoms with Gasteiger partial charge in [-0.1, -0.05) is 0 Å². The van der Waals surface area contributed by atoms with Gasteiger partial charge in [-0.15, -0.1) is 0 Å². The maximum absolute atomic E-state index is 5.83. The van der Waals surface area contributed by atoms with Crippen LogP contribution in [0.2, 0.25) is 0 Å². The van der Waals surface area contributed by atoms with Crippen molar-refractivity contribution in [1.29, 1.82) is 0 Å². The molecule has 6 heteroatoms. The van der Waals surface area contributed by atoms with Gasteiger partial charge in [-0.3, -0.25) is 10.1 Å². The molecular formula is C11H14N6. The second kappa shape index (κ2) is 3.73. The zero-order valence-electron chi connectivity index (χ0n) is 9.64. The number of hydrogen-bond acceptors (Lipinski definition) is 5. The summed E-state index contributed by atoms with van der Waals surface area (Å²) in [5, 5.41) is 7.01. The predicted octanol–water partition coefficient (Wildman–Crippen LogP) is 0.653. The third kappa shape index (κ3) is 1.61. The molecule has 0 atom stereocenters. The van der Waals surface area contributed by atoms with E-state index in [-0.39, 0.29) is 0 Å². The Bertz CT molecular complexity index is 547. The minimum atomic E-state index is 0.589. The van der Waals surface area contributed by atoms with E-state index in [0.29, 0.717) is 5.82 Å². The van der Waals surface area contributed by atoms with Crippen LogP contribution in [0.4, 0.5) is 11.6 Å². The Balaban J connectivity index is 1.94. The topological polar surface area (TPSA) is 83.7 Å². The van der Waals surface area contributed by atoms with Crippen molar-refractivity contribution in [1.82, 2.24) is 20.2 Å². The van der Waals surface area contributed by atoms with Gasteiger partial charge in [0.05, 0.1) is 5.69 Å². The van der Waals surface area contributed by atoms with Gasteiger partial charge >= 0.3 is 0 Å². The van der Waals surface area contributed by atoms with Crippen LogP contribution < -0.4 is 10.6 Å². The maximum Gasteiger partial charge on any atom is 0.150 e. The van der Waals surface area contributed by atoms with E-state index in [1.807, 2.05) is 6.92 Å².